The molecule has 0 fully saturated rings. The Hall–Kier alpha value is -1.82. The van der Waals surface area contributed by atoms with E-state index in [4.69, 9.17) is 9.84 Å². The van der Waals surface area contributed by atoms with Crippen molar-refractivity contribution in [2.24, 2.45) is 0 Å². The van der Waals surface area contributed by atoms with Gasteiger partial charge in [0.05, 0.1) is 19.6 Å². The van der Waals surface area contributed by atoms with E-state index in [1.807, 2.05) is 18.2 Å². The first kappa shape index (κ1) is 19.2. The maximum Gasteiger partial charge on any atom is 1.00 e. The molecule has 0 radical (unpaired) electrons. The van der Waals surface area contributed by atoms with E-state index in [-0.39, 0.29) is 41.9 Å². The fraction of sp³-hybridized carbons (Fsp3) is 0.176. The predicted molar refractivity (Wildman–Crippen MR) is 81.9 cm³/mol. The fourth-order valence-corrected chi connectivity index (χ4v) is 2.10. The van der Waals surface area contributed by atoms with E-state index >= 15 is 0 Å². The Kier molecular flexibility index (Phi) is 7.81. The van der Waals surface area contributed by atoms with Gasteiger partial charge in [0.1, 0.15) is 5.75 Å². The summed E-state index contributed by atoms with van der Waals surface area (Å²) in [5.41, 5.74) is 1.21. The summed E-state index contributed by atoms with van der Waals surface area (Å²) in [6.45, 7) is 0. The number of carboxylic acids is 1. The van der Waals surface area contributed by atoms with E-state index in [1.54, 1.807) is 43.5 Å². The summed E-state index contributed by atoms with van der Waals surface area (Å²) in [4.78, 5) is 23.3. The number of aliphatic carboxylic acids is 1. The molecule has 0 aromatic heterocycles. The number of ether oxygens (including phenoxy) is 1. The van der Waals surface area contributed by atoms with Crippen molar-refractivity contribution < 1.29 is 49.0 Å². The van der Waals surface area contributed by atoms with Gasteiger partial charge in [0.25, 0.3) is 5.91 Å². The Morgan fingerprint density at radius 1 is 1.09 bits per heavy atom. The van der Waals surface area contributed by atoms with Crippen LogP contribution < -0.4 is 39.6 Å². The van der Waals surface area contributed by atoms with Crippen LogP contribution in [0.4, 0.5) is 0 Å². The van der Waals surface area contributed by atoms with Gasteiger partial charge >= 0.3 is 35.5 Å². The number of amides is 1. The van der Waals surface area contributed by atoms with Crippen LogP contribution in [0.1, 0.15) is 28.4 Å². The molecule has 0 heterocycles. The van der Waals surface area contributed by atoms with Gasteiger partial charge in [0.15, 0.2) is 0 Å². The van der Waals surface area contributed by atoms with Crippen molar-refractivity contribution in [2.75, 3.05) is 7.11 Å². The molecule has 2 N–H and O–H groups in total. The molecule has 2 aromatic carbocycles. The molecule has 0 aliphatic rings. The van der Waals surface area contributed by atoms with E-state index < -0.39 is 12.0 Å². The Morgan fingerprint density at radius 3 is 2.22 bits per heavy atom. The molecule has 114 valence electrons. The first-order chi connectivity index (χ1) is 10.6. The topological polar surface area (TPSA) is 75.6 Å². The predicted octanol–water partition coefficient (Wildman–Crippen LogP) is -0.355. The van der Waals surface area contributed by atoms with Crippen molar-refractivity contribution in [1.29, 1.82) is 0 Å². The monoisotopic (exact) mass is 322 g/mol. The third-order valence-electron chi connectivity index (χ3n) is 3.24. The number of carbonyl (C=O) groups excluding carboxylic acids is 1. The summed E-state index contributed by atoms with van der Waals surface area (Å²) in [6.07, 6.45) is -0.175. The van der Waals surface area contributed by atoms with E-state index in [0.29, 0.717) is 11.3 Å². The van der Waals surface area contributed by atoms with Crippen LogP contribution in [0.25, 0.3) is 0 Å². The minimum Gasteiger partial charge on any atom is -0.497 e. The van der Waals surface area contributed by atoms with Gasteiger partial charge in [-0.1, -0.05) is 30.3 Å². The maximum absolute atomic E-state index is 12.3. The van der Waals surface area contributed by atoms with Crippen LogP contribution in [0.15, 0.2) is 54.6 Å². The maximum atomic E-state index is 12.3. The van der Waals surface area contributed by atoms with E-state index in [2.05, 4.69) is 5.32 Å². The molecule has 0 bridgehead atoms. The number of carbonyl (C=O) groups is 2. The number of carboxylic acid groups (broad SMARTS) is 1. The number of benzene rings is 2. The molecular formula is C17H17NNaO4+. The van der Waals surface area contributed by atoms with Gasteiger partial charge in [-0.2, -0.15) is 0 Å². The molecule has 5 nitrogen and oxygen atoms in total. The molecule has 0 aliphatic carbocycles. The summed E-state index contributed by atoms with van der Waals surface area (Å²) < 4.78 is 5.04. The molecule has 23 heavy (non-hydrogen) atoms. The fourth-order valence-electron chi connectivity index (χ4n) is 2.10. The first-order valence-corrected chi connectivity index (χ1v) is 6.82. The summed E-state index contributed by atoms with van der Waals surface area (Å²) in [6, 6.07) is 15.1. The second-order valence-electron chi connectivity index (χ2n) is 4.76. The average Bonchev–Trinajstić information content (AvgIpc) is 2.54. The van der Waals surface area contributed by atoms with Crippen molar-refractivity contribution >= 4 is 11.9 Å². The van der Waals surface area contributed by atoms with Gasteiger partial charge in [0, 0.05) is 5.56 Å². The van der Waals surface area contributed by atoms with Crippen molar-refractivity contribution in [3.8, 4) is 5.75 Å². The summed E-state index contributed by atoms with van der Waals surface area (Å²) >= 11 is 0. The van der Waals surface area contributed by atoms with Crippen molar-refractivity contribution in [1.82, 2.24) is 5.32 Å². The molecule has 0 spiro atoms. The second-order valence-corrected chi connectivity index (χ2v) is 4.76. The summed E-state index contributed by atoms with van der Waals surface area (Å²) in [5.74, 6) is -0.636. The Bertz CT molecular complexity index is 643. The van der Waals surface area contributed by atoms with Crippen LogP contribution in [-0.4, -0.2) is 24.1 Å². The summed E-state index contributed by atoms with van der Waals surface area (Å²) in [5, 5.41) is 11.8. The Morgan fingerprint density at radius 2 is 1.70 bits per heavy atom. The normalized spacial score (nSPS) is 11.0. The average molecular weight is 322 g/mol. The summed E-state index contributed by atoms with van der Waals surface area (Å²) in [7, 11) is 1.55. The molecular weight excluding hydrogens is 305 g/mol. The largest absolute Gasteiger partial charge is 1.00 e. The smallest absolute Gasteiger partial charge is 0.497 e. The second kappa shape index (κ2) is 9.35. The minimum absolute atomic E-state index is 0. The van der Waals surface area contributed by atoms with Gasteiger partial charge in [0.2, 0.25) is 0 Å². The number of hydrogen-bond acceptors (Lipinski definition) is 3. The third-order valence-corrected chi connectivity index (χ3v) is 3.24. The van der Waals surface area contributed by atoms with Gasteiger partial charge in [-0.3, -0.25) is 9.59 Å². The SMILES string of the molecule is COc1ccc(C(=O)NC(CC(=O)O)c2ccccc2)cc1.[Na+]. The van der Waals surface area contributed by atoms with Gasteiger partial charge in [-0.05, 0) is 29.8 Å². The van der Waals surface area contributed by atoms with E-state index in [1.165, 1.54) is 0 Å². The number of methoxy groups -OCH3 is 1. The van der Waals surface area contributed by atoms with Crippen LogP contribution in [-0.2, 0) is 4.79 Å². The molecule has 1 unspecified atom stereocenters. The number of hydrogen-bond donors (Lipinski definition) is 2. The van der Waals surface area contributed by atoms with E-state index in [0.717, 1.165) is 5.56 Å². The molecule has 6 heteroatoms. The third kappa shape index (κ3) is 5.71. The molecule has 0 saturated carbocycles. The zero-order chi connectivity index (χ0) is 15.9. The van der Waals surface area contributed by atoms with Crippen LogP contribution in [0, 0.1) is 0 Å². The van der Waals surface area contributed by atoms with Crippen LogP contribution in [0.5, 0.6) is 5.75 Å². The molecule has 1 amide bonds. The standard InChI is InChI=1S/C17H17NO4.Na/c1-22-14-9-7-13(8-10-14)17(21)18-15(11-16(19)20)12-5-3-2-4-6-12;/h2-10,15H,11H2,1H3,(H,18,21)(H,19,20);/q;+1. The number of nitrogens with one attached hydrogen (secondary N) is 1. The van der Waals surface area contributed by atoms with Gasteiger partial charge < -0.3 is 15.2 Å². The molecule has 2 aromatic rings. The van der Waals surface area contributed by atoms with Crippen LogP contribution >= 0.6 is 0 Å². The molecule has 2 rings (SSSR count). The zero-order valence-corrected chi connectivity index (χ0v) is 15.2. The molecule has 0 aliphatic heterocycles. The quantitative estimate of drug-likeness (QED) is 0.713. The van der Waals surface area contributed by atoms with Crippen molar-refractivity contribution in [3.63, 3.8) is 0 Å². The zero-order valence-electron chi connectivity index (χ0n) is 13.2. The van der Waals surface area contributed by atoms with Crippen molar-refractivity contribution in [3.05, 3.63) is 65.7 Å². The first-order valence-electron chi connectivity index (χ1n) is 6.82. The van der Waals surface area contributed by atoms with Gasteiger partial charge in [-0.15, -0.1) is 0 Å². The van der Waals surface area contributed by atoms with E-state index in [9.17, 15) is 9.59 Å². The Balaban J connectivity index is 0.00000264. The van der Waals surface area contributed by atoms with Crippen molar-refractivity contribution in [2.45, 2.75) is 12.5 Å². The minimum atomic E-state index is -0.969. The molecule has 1 atom stereocenters. The Labute approximate surface area is 157 Å². The van der Waals surface area contributed by atoms with Crippen LogP contribution in [0.3, 0.4) is 0 Å². The molecule has 0 saturated heterocycles. The van der Waals surface area contributed by atoms with Crippen LogP contribution in [0.2, 0.25) is 0 Å². The van der Waals surface area contributed by atoms with Gasteiger partial charge in [-0.25, -0.2) is 0 Å². The number of rotatable bonds is 6.